The zero-order valence-electron chi connectivity index (χ0n) is 18.5. The van der Waals surface area contributed by atoms with Gasteiger partial charge in [-0.25, -0.2) is 9.59 Å². The van der Waals surface area contributed by atoms with Crippen molar-refractivity contribution in [2.24, 2.45) is 0 Å². The Bertz CT molecular complexity index is 1030. The largest absolute Gasteiger partial charge is 0.493 e. The molecule has 2 aromatic carbocycles. The second-order valence-corrected chi connectivity index (χ2v) is 7.31. The molecule has 0 fully saturated rings. The number of hydrogen-bond acceptors (Lipinski definition) is 6. The van der Waals surface area contributed by atoms with Gasteiger partial charge in [-0.1, -0.05) is 11.6 Å². The SMILES string of the molecule is CCOC(=O)C1=C(C)N(c2ccc(Cl)cc2)C(=O)NC1c1cc(OC)c(OC)c(OC)c1. The summed E-state index contributed by atoms with van der Waals surface area (Å²) in [5, 5.41) is 3.44. The Morgan fingerprint density at radius 1 is 1.06 bits per heavy atom. The minimum Gasteiger partial charge on any atom is -0.493 e. The van der Waals surface area contributed by atoms with Crippen LogP contribution in [0.3, 0.4) is 0 Å². The van der Waals surface area contributed by atoms with E-state index in [9.17, 15) is 9.59 Å². The smallest absolute Gasteiger partial charge is 0.338 e. The molecule has 9 heteroatoms. The van der Waals surface area contributed by atoms with Crippen LogP contribution in [0.15, 0.2) is 47.7 Å². The number of anilines is 1. The Morgan fingerprint density at radius 3 is 2.16 bits per heavy atom. The van der Waals surface area contributed by atoms with Crippen LogP contribution < -0.4 is 24.4 Å². The van der Waals surface area contributed by atoms with Crippen molar-refractivity contribution in [3.63, 3.8) is 0 Å². The normalized spacial score (nSPS) is 15.9. The van der Waals surface area contributed by atoms with E-state index in [-0.39, 0.29) is 12.2 Å². The van der Waals surface area contributed by atoms with Crippen LogP contribution in [0.1, 0.15) is 25.5 Å². The van der Waals surface area contributed by atoms with E-state index in [0.717, 1.165) is 0 Å². The minimum absolute atomic E-state index is 0.187. The highest BCUT2D eigenvalue weighted by Gasteiger charge is 2.38. The van der Waals surface area contributed by atoms with Gasteiger partial charge in [0.2, 0.25) is 5.75 Å². The molecule has 1 unspecified atom stereocenters. The van der Waals surface area contributed by atoms with E-state index in [0.29, 0.717) is 39.2 Å². The summed E-state index contributed by atoms with van der Waals surface area (Å²) in [6, 6.07) is 8.94. The van der Waals surface area contributed by atoms with Crippen LogP contribution >= 0.6 is 11.6 Å². The molecule has 0 bridgehead atoms. The molecule has 1 heterocycles. The second kappa shape index (κ2) is 9.82. The third kappa shape index (κ3) is 4.31. The topological polar surface area (TPSA) is 86.3 Å². The number of nitrogens with one attached hydrogen (secondary N) is 1. The predicted molar refractivity (Wildman–Crippen MR) is 121 cm³/mol. The molecule has 170 valence electrons. The lowest BCUT2D eigenvalue weighted by molar-refractivity contribution is -0.139. The zero-order chi connectivity index (χ0) is 23.4. The van der Waals surface area contributed by atoms with E-state index in [1.54, 1.807) is 50.2 Å². The van der Waals surface area contributed by atoms with Gasteiger partial charge in [0.05, 0.1) is 45.2 Å². The summed E-state index contributed by atoms with van der Waals surface area (Å²) in [4.78, 5) is 27.5. The number of nitrogens with zero attached hydrogens (tertiary/aromatic N) is 1. The van der Waals surface area contributed by atoms with Gasteiger partial charge in [-0.15, -0.1) is 0 Å². The van der Waals surface area contributed by atoms with Crippen molar-refractivity contribution < 1.29 is 28.5 Å². The van der Waals surface area contributed by atoms with Crippen molar-refractivity contribution >= 4 is 29.3 Å². The summed E-state index contributed by atoms with van der Waals surface area (Å²) < 4.78 is 21.6. The van der Waals surface area contributed by atoms with Crippen LogP contribution in [0.25, 0.3) is 0 Å². The molecule has 0 spiro atoms. The van der Waals surface area contributed by atoms with Gasteiger partial charge in [0.15, 0.2) is 11.5 Å². The van der Waals surface area contributed by atoms with E-state index in [2.05, 4.69) is 5.32 Å². The molecule has 0 aromatic heterocycles. The number of carbonyl (C=O) groups excluding carboxylic acids is 2. The monoisotopic (exact) mass is 460 g/mol. The molecule has 3 rings (SSSR count). The molecule has 1 atom stereocenters. The molecule has 1 aliphatic rings. The van der Waals surface area contributed by atoms with E-state index in [4.69, 9.17) is 30.5 Å². The van der Waals surface area contributed by atoms with E-state index >= 15 is 0 Å². The fourth-order valence-corrected chi connectivity index (χ4v) is 3.76. The highest BCUT2D eigenvalue weighted by Crippen LogP contribution is 2.42. The van der Waals surface area contributed by atoms with E-state index in [1.165, 1.54) is 26.2 Å². The number of methoxy groups -OCH3 is 3. The Hall–Kier alpha value is -3.39. The second-order valence-electron chi connectivity index (χ2n) is 6.87. The maximum atomic E-state index is 13.1. The van der Waals surface area contributed by atoms with Crippen molar-refractivity contribution in [1.29, 1.82) is 0 Å². The summed E-state index contributed by atoms with van der Waals surface area (Å²) >= 11 is 5.99. The van der Waals surface area contributed by atoms with Gasteiger partial charge in [-0.05, 0) is 55.8 Å². The Morgan fingerprint density at radius 2 is 1.66 bits per heavy atom. The molecule has 0 radical (unpaired) electrons. The van der Waals surface area contributed by atoms with Crippen LogP contribution in [0, 0.1) is 0 Å². The number of hydrogen-bond donors (Lipinski definition) is 1. The number of urea groups is 1. The lowest BCUT2D eigenvalue weighted by Crippen LogP contribution is -2.48. The van der Waals surface area contributed by atoms with Gasteiger partial charge in [0, 0.05) is 10.7 Å². The lowest BCUT2D eigenvalue weighted by atomic mass is 9.94. The fourth-order valence-electron chi connectivity index (χ4n) is 3.64. The Kier molecular flexibility index (Phi) is 7.15. The molecular weight excluding hydrogens is 436 g/mol. The molecule has 1 aliphatic heterocycles. The van der Waals surface area contributed by atoms with Crippen LogP contribution in [0.2, 0.25) is 5.02 Å². The summed E-state index contributed by atoms with van der Waals surface area (Å²) in [6.07, 6.45) is 0. The molecule has 32 heavy (non-hydrogen) atoms. The minimum atomic E-state index is -0.793. The Balaban J connectivity index is 2.19. The number of halogens is 1. The zero-order valence-corrected chi connectivity index (χ0v) is 19.3. The molecule has 8 nitrogen and oxygen atoms in total. The number of amides is 2. The van der Waals surface area contributed by atoms with Crippen molar-refractivity contribution in [2.75, 3.05) is 32.8 Å². The summed E-state index contributed by atoms with van der Waals surface area (Å²) in [5.74, 6) is 0.666. The molecule has 2 amide bonds. The molecule has 0 saturated heterocycles. The van der Waals surface area contributed by atoms with E-state index in [1.807, 2.05) is 0 Å². The third-order valence-corrected chi connectivity index (χ3v) is 5.34. The molecule has 0 saturated carbocycles. The third-order valence-electron chi connectivity index (χ3n) is 5.09. The number of allylic oxidation sites excluding steroid dienone is 1. The number of esters is 1. The quantitative estimate of drug-likeness (QED) is 0.613. The maximum absolute atomic E-state index is 13.1. The van der Waals surface area contributed by atoms with Crippen LogP contribution in [0.4, 0.5) is 10.5 Å². The van der Waals surface area contributed by atoms with Crippen LogP contribution in [-0.2, 0) is 9.53 Å². The van der Waals surface area contributed by atoms with Gasteiger partial charge in [-0.3, -0.25) is 4.90 Å². The van der Waals surface area contributed by atoms with Crippen molar-refractivity contribution in [1.82, 2.24) is 5.32 Å². The Labute approximate surface area is 191 Å². The lowest BCUT2D eigenvalue weighted by Gasteiger charge is -2.35. The van der Waals surface area contributed by atoms with Crippen molar-refractivity contribution in [3.8, 4) is 17.2 Å². The molecule has 2 aromatic rings. The predicted octanol–water partition coefficient (Wildman–Crippen LogP) is 4.47. The number of carbonyl (C=O) groups is 2. The van der Waals surface area contributed by atoms with Gasteiger partial charge in [0.1, 0.15) is 0 Å². The van der Waals surface area contributed by atoms with Crippen LogP contribution in [0.5, 0.6) is 17.2 Å². The van der Waals surface area contributed by atoms with Crippen molar-refractivity contribution in [2.45, 2.75) is 19.9 Å². The maximum Gasteiger partial charge on any atom is 0.338 e. The van der Waals surface area contributed by atoms with Gasteiger partial charge < -0.3 is 24.3 Å². The summed E-state index contributed by atoms with van der Waals surface area (Å²) in [6.45, 7) is 3.61. The van der Waals surface area contributed by atoms with Crippen molar-refractivity contribution in [3.05, 3.63) is 58.3 Å². The van der Waals surface area contributed by atoms with Crippen LogP contribution in [-0.4, -0.2) is 39.9 Å². The van der Waals surface area contributed by atoms with Gasteiger partial charge in [-0.2, -0.15) is 0 Å². The molecule has 1 N–H and O–H groups in total. The highest BCUT2D eigenvalue weighted by molar-refractivity contribution is 6.30. The highest BCUT2D eigenvalue weighted by atomic mass is 35.5. The van der Waals surface area contributed by atoms with Gasteiger partial charge >= 0.3 is 12.0 Å². The number of ether oxygens (including phenoxy) is 4. The first-order chi connectivity index (χ1) is 15.4. The summed E-state index contributed by atoms with van der Waals surface area (Å²) in [5.41, 5.74) is 1.87. The average Bonchev–Trinajstić information content (AvgIpc) is 2.78. The first-order valence-corrected chi connectivity index (χ1v) is 10.3. The molecule has 0 aliphatic carbocycles. The molecular formula is C23H25ClN2O6. The van der Waals surface area contributed by atoms with E-state index < -0.39 is 18.0 Å². The average molecular weight is 461 g/mol. The standard InChI is InChI=1S/C23H25ClN2O6/c1-6-32-22(27)19-13(2)26(16-9-7-15(24)8-10-16)23(28)25-20(19)14-11-17(29-3)21(31-5)18(12-14)30-4/h7-12,20H,6H2,1-5H3,(H,25,28). The summed E-state index contributed by atoms with van der Waals surface area (Å²) in [7, 11) is 4.49. The first kappa shape index (κ1) is 23.3. The first-order valence-electron chi connectivity index (χ1n) is 9.90. The number of rotatable bonds is 7. The fraction of sp³-hybridized carbons (Fsp3) is 0.304. The van der Waals surface area contributed by atoms with Gasteiger partial charge in [0.25, 0.3) is 0 Å². The number of benzene rings is 2.